The number of imide groups is 1. The van der Waals surface area contributed by atoms with Gasteiger partial charge in [0.15, 0.2) is 5.03 Å². The van der Waals surface area contributed by atoms with Crippen LogP contribution >= 0.6 is 0 Å². The molecular formula is C12H7N3O5S. The summed E-state index contributed by atoms with van der Waals surface area (Å²) < 4.78 is 28.6. The van der Waals surface area contributed by atoms with Crippen molar-refractivity contribution in [3.8, 4) is 0 Å². The van der Waals surface area contributed by atoms with Crippen molar-refractivity contribution in [3.63, 3.8) is 0 Å². The molecular weight excluding hydrogens is 298 g/mol. The monoisotopic (exact) mass is 305 g/mol. The number of carbonyl (C=O) groups excluding carboxylic acids is 2. The maximum atomic E-state index is 12.0. The van der Waals surface area contributed by atoms with Crippen LogP contribution in [0.2, 0.25) is 0 Å². The molecule has 1 aromatic carbocycles. The van der Waals surface area contributed by atoms with Crippen LogP contribution < -0.4 is 0 Å². The lowest BCUT2D eigenvalue weighted by atomic mass is 10.1. The van der Waals surface area contributed by atoms with Crippen molar-refractivity contribution in [1.82, 2.24) is 15.0 Å². The topological polar surface area (TPSA) is 107 Å². The molecule has 8 nitrogen and oxygen atoms in total. The summed E-state index contributed by atoms with van der Waals surface area (Å²) in [6, 6.07) is 7.04. The van der Waals surface area contributed by atoms with Gasteiger partial charge in [-0.1, -0.05) is 12.1 Å². The quantitative estimate of drug-likeness (QED) is 0.596. The number of carbonyl (C=O) groups is 2. The first-order valence-corrected chi connectivity index (χ1v) is 7.10. The summed E-state index contributed by atoms with van der Waals surface area (Å²) in [5.41, 5.74) is 0.167. The molecule has 21 heavy (non-hydrogen) atoms. The molecule has 1 aliphatic heterocycles. The number of hydroxylamine groups is 2. The number of nitrogens with zero attached hydrogens (tertiary/aromatic N) is 3. The van der Waals surface area contributed by atoms with Crippen LogP contribution in [0.15, 0.2) is 47.9 Å². The van der Waals surface area contributed by atoms with E-state index in [0.29, 0.717) is 0 Å². The molecule has 0 unspecified atom stereocenters. The Balaban J connectivity index is 1.94. The third kappa shape index (κ3) is 2.18. The van der Waals surface area contributed by atoms with Gasteiger partial charge in [0, 0.05) is 6.20 Å². The molecule has 2 aromatic rings. The highest BCUT2D eigenvalue weighted by atomic mass is 32.2. The Kier molecular flexibility index (Phi) is 3.00. The molecule has 0 saturated carbocycles. The third-order valence-electron chi connectivity index (χ3n) is 2.74. The van der Waals surface area contributed by atoms with Crippen LogP contribution in [0, 0.1) is 0 Å². The van der Waals surface area contributed by atoms with E-state index in [2.05, 4.69) is 14.3 Å². The van der Waals surface area contributed by atoms with Gasteiger partial charge in [-0.2, -0.15) is 8.42 Å². The zero-order chi connectivity index (χ0) is 15.0. The molecule has 2 heterocycles. The fraction of sp³-hybridized carbons (Fsp3) is 0. The van der Waals surface area contributed by atoms with Gasteiger partial charge in [-0.15, -0.1) is 9.35 Å². The van der Waals surface area contributed by atoms with E-state index < -0.39 is 27.0 Å². The second-order valence-electron chi connectivity index (χ2n) is 4.03. The van der Waals surface area contributed by atoms with E-state index in [9.17, 15) is 18.0 Å². The van der Waals surface area contributed by atoms with Crippen molar-refractivity contribution in [2.75, 3.05) is 0 Å². The number of amides is 2. The fourth-order valence-electron chi connectivity index (χ4n) is 1.80. The molecule has 0 radical (unpaired) electrons. The number of aromatic nitrogens is 2. The standard InChI is InChI=1S/C12H7N3O5S/c16-11-8-3-1-2-4-9(8)12(17)15(11)20-21(18,19)10-5-6-13-7-14-10/h1-7H. The van der Waals surface area contributed by atoms with E-state index in [-0.39, 0.29) is 16.2 Å². The normalized spacial score (nSPS) is 14.4. The van der Waals surface area contributed by atoms with Gasteiger partial charge in [0.2, 0.25) is 0 Å². The Morgan fingerprint density at radius 3 is 2.14 bits per heavy atom. The molecule has 2 amide bonds. The molecule has 0 fully saturated rings. The molecule has 1 aromatic heterocycles. The molecule has 0 N–H and O–H groups in total. The number of fused-ring (bicyclic) bond motifs is 1. The van der Waals surface area contributed by atoms with Gasteiger partial charge in [-0.05, 0) is 18.2 Å². The molecule has 9 heteroatoms. The Morgan fingerprint density at radius 1 is 1.00 bits per heavy atom. The lowest BCUT2D eigenvalue weighted by molar-refractivity contribution is -0.0105. The largest absolute Gasteiger partial charge is 0.335 e. The minimum Gasteiger partial charge on any atom is -0.266 e. The smallest absolute Gasteiger partial charge is 0.266 e. The predicted octanol–water partition coefficient (Wildman–Crippen LogP) is 0.393. The van der Waals surface area contributed by atoms with Crippen LogP contribution in [0.4, 0.5) is 0 Å². The Morgan fingerprint density at radius 2 is 1.62 bits per heavy atom. The Hall–Kier alpha value is -2.65. The zero-order valence-electron chi connectivity index (χ0n) is 10.3. The predicted molar refractivity (Wildman–Crippen MR) is 67.2 cm³/mol. The van der Waals surface area contributed by atoms with E-state index in [0.717, 1.165) is 12.4 Å². The van der Waals surface area contributed by atoms with Gasteiger partial charge in [-0.3, -0.25) is 9.59 Å². The van der Waals surface area contributed by atoms with Crippen LogP contribution in [0.5, 0.6) is 0 Å². The second kappa shape index (κ2) is 4.72. The minimum atomic E-state index is -4.39. The van der Waals surface area contributed by atoms with Crippen molar-refractivity contribution in [3.05, 3.63) is 54.0 Å². The summed E-state index contributed by atoms with van der Waals surface area (Å²) >= 11 is 0. The Bertz CT molecular complexity index is 800. The summed E-state index contributed by atoms with van der Waals surface area (Å²) in [5.74, 6) is -1.68. The average molecular weight is 305 g/mol. The maximum absolute atomic E-state index is 12.0. The SMILES string of the molecule is O=C1c2ccccc2C(=O)N1OS(=O)(=O)c1ccncn1. The van der Waals surface area contributed by atoms with E-state index in [1.807, 2.05) is 0 Å². The molecule has 1 aliphatic rings. The van der Waals surface area contributed by atoms with Crippen LogP contribution in [-0.2, 0) is 14.4 Å². The second-order valence-corrected chi connectivity index (χ2v) is 5.50. The third-order valence-corrected chi connectivity index (χ3v) is 3.84. The summed E-state index contributed by atoms with van der Waals surface area (Å²) in [6.45, 7) is 0. The maximum Gasteiger partial charge on any atom is 0.335 e. The fourth-order valence-corrected chi connectivity index (χ4v) is 2.61. The summed E-state index contributed by atoms with van der Waals surface area (Å²) in [4.78, 5) is 31.1. The highest BCUT2D eigenvalue weighted by Gasteiger charge is 2.40. The van der Waals surface area contributed by atoms with Gasteiger partial charge in [0.1, 0.15) is 6.33 Å². The van der Waals surface area contributed by atoms with Crippen LogP contribution in [-0.4, -0.2) is 35.3 Å². The van der Waals surface area contributed by atoms with Gasteiger partial charge < -0.3 is 0 Å². The molecule has 0 bridgehead atoms. The highest BCUT2D eigenvalue weighted by molar-refractivity contribution is 7.86. The van der Waals surface area contributed by atoms with E-state index in [4.69, 9.17) is 0 Å². The van der Waals surface area contributed by atoms with Crippen LogP contribution in [0.1, 0.15) is 20.7 Å². The summed E-state index contributed by atoms with van der Waals surface area (Å²) in [5, 5.41) is -0.240. The molecule has 3 rings (SSSR count). The molecule has 106 valence electrons. The zero-order valence-corrected chi connectivity index (χ0v) is 11.1. The Labute approximate surface area is 119 Å². The van der Waals surface area contributed by atoms with E-state index in [1.165, 1.54) is 18.3 Å². The van der Waals surface area contributed by atoms with Crippen molar-refractivity contribution in [2.45, 2.75) is 5.03 Å². The number of hydrogen-bond acceptors (Lipinski definition) is 7. The van der Waals surface area contributed by atoms with E-state index in [1.54, 1.807) is 12.1 Å². The summed E-state index contributed by atoms with van der Waals surface area (Å²) in [6.07, 6.45) is 2.21. The lowest BCUT2D eigenvalue weighted by Gasteiger charge is -2.12. The number of hydrogen-bond donors (Lipinski definition) is 0. The first-order chi connectivity index (χ1) is 10.0. The minimum absolute atomic E-state index is 0.0837. The number of rotatable bonds is 3. The van der Waals surface area contributed by atoms with Crippen molar-refractivity contribution >= 4 is 21.9 Å². The molecule has 0 saturated heterocycles. The highest BCUT2D eigenvalue weighted by Crippen LogP contribution is 2.24. The van der Waals surface area contributed by atoms with Crippen molar-refractivity contribution in [2.24, 2.45) is 0 Å². The van der Waals surface area contributed by atoms with Crippen molar-refractivity contribution < 1.29 is 22.3 Å². The molecule has 0 spiro atoms. The lowest BCUT2D eigenvalue weighted by Crippen LogP contribution is -2.33. The average Bonchev–Trinajstić information content (AvgIpc) is 2.74. The first kappa shape index (κ1) is 13.3. The van der Waals surface area contributed by atoms with Gasteiger partial charge in [0.25, 0.3) is 11.8 Å². The number of benzene rings is 1. The first-order valence-electron chi connectivity index (χ1n) is 5.69. The molecule has 0 aliphatic carbocycles. The summed E-state index contributed by atoms with van der Waals surface area (Å²) in [7, 11) is -4.39. The van der Waals surface area contributed by atoms with Crippen LogP contribution in [0.3, 0.4) is 0 Å². The van der Waals surface area contributed by atoms with Crippen molar-refractivity contribution in [1.29, 1.82) is 0 Å². The van der Waals surface area contributed by atoms with Crippen LogP contribution in [0.25, 0.3) is 0 Å². The van der Waals surface area contributed by atoms with Gasteiger partial charge in [-0.25, -0.2) is 9.97 Å². The van der Waals surface area contributed by atoms with Gasteiger partial charge >= 0.3 is 10.1 Å². The molecule has 0 atom stereocenters. The van der Waals surface area contributed by atoms with Gasteiger partial charge in [0.05, 0.1) is 11.1 Å². The van der Waals surface area contributed by atoms with E-state index >= 15 is 0 Å².